The first kappa shape index (κ1) is 10.1. The zero-order valence-electron chi connectivity index (χ0n) is 9.51. The summed E-state index contributed by atoms with van der Waals surface area (Å²) in [6.45, 7) is 2.13. The van der Waals surface area contributed by atoms with Gasteiger partial charge in [-0.15, -0.1) is 0 Å². The number of ether oxygens (including phenoxy) is 1. The molecule has 16 heavy (non-hydrogen) atoms. The molecule has 2 bridgehead atoms. The number of allylic oxidation sites excluding steroid dienone is 2. The fraction of sp³-hybridized carbons (Fsp3) is 0.615. The third-order valence-corrected chi connectivity index (χ3v) is 4.49. The highest BCUT2D eigenvalue weighted by atomic mass is 16.5. The summed E-state index contributed by atoms with van der Waals surface area (Å²) in [6, 6.07) is 0. The molecule has 3 rings (SSSR count). The van der Waals surface area contributed by atoms with Crippen LogP contribution in [0, 0.1) is 23.7 Å². The van der Waals surface area contributed by atoms with Gasteiger partial charge in [0.15, 0.2) is 0 Å². The van der Waals surface area contributed by atoms with E-state index in [0.717, 1.165) is 6.42 Å². The number of esters is 1. The van der Waals surface area contributed by atoms with Crippen LogP contribution >= 0.6 is 0 Å². The number of rotatable bonds is 1. The van der Waals surface area contributed by atoms with Crippen molar-refractivity contribution in [3.05, 3.63) is 23.3 Å². The Kier molecular flexibility index (Phi) is 2.02. The normalized spacial score (nSPS) is 44.1. The Hall–Kier alpha value is -1.09. The summed E-state index contributed by atoms with van der Waals surface area (Å²) in [4.78, 5) is 11.6. The van der Waals surface area contributed by atoms with Crippen molar-refractivity contribution >= 4 is 5.97 Å². The number of hydrogen-bond acceptors (Lipinski definition) is 3. The van der Waals surface area contributed by atoms with E-state index < -0.39 is 0 Å². The van der Waals surface area contributed by atoms with E-state index in [4.69, 9.17) is 4.74 Å². The maximum absolute atomic E-state index is 11.6. The summed E-state index contributed by atoms with van der Waals surface area (Å²) >= 11 is 0. The second-order valence-electron chi connectivity index (χ2n) is 5.08. The Morgan fingerprint density at radius 2 is 2.25 bits per heavy atom. The van der Waals surface area contributed by atoms with Gasteiger partial charge in [0, 0.05) is 17.4 Å². The molecular weight excluding hydrogens is 204 g/mol. The minimum absolute atomic E-state index is 0.00356. The van der Waals surface area contributed by atoms with Crippen LogP contribution in [0.25, 0.3) is 0 Å². The van der Waals surface area contributed by atoms with Crippen LogP contribution < -0.4 is 0 Å². The molecule has 0 unspecified atom stereocenters. The average molecular weight is 220 g/mol. The summed E-state index contributed by atoms with van der Waals surface area (Å²) in [5.41, 5.74) is 2.07. The van der Waals surface area contributed by atoms with Gasteiger partial charge in [0.1, 0.15) is 0 Å². The summed E-state index contributed by atoms with van der Waals surface area (Å²) < 4.78 is 4.78. The first-order valence-electron chi connectivity index (χ1n) is 5.80. The molecule has 0 aromatic heterocycles. The molecule has 86 valence electrons. The van der Waals surface area contributed by atoms with Crippen molar-refractivity contribution in [2.75, 3.05) is 7.11 Å². The monoisotopic (exact) mass is 220 g/mol. The molecule has 3 aliphatic rings. The van der Waals surface area contributed by atoms with E-state index in [2.05, 4.69) is 13.0 Å². The second kappa shape index (κ2) is 3.20. The molecule has 0 heterocycles. The van der Waals surface area contributed by atoms with Crippen molar-refractivity contribution in [2.45, 2.75) is 19.4 Å². The molecule has 0 aromatic carbocycles. The third kappa shape index (κ3) is 1.04. The Morgan fingerprint density at radius 3 is 2.94 bits per heavy atom. The van der Waals surface area contributed by atoms with Gasteiger partial charge >= 0.3 is 5.97 Å². The van der Waals surface area contributed by atoms with Crippen LogP contribution in [-0.2, 0) is 9.53 Å². The van der Waals surface area contributed by atoms with Gasteiger partial charge < -0.3 is 9.84 Å². The van der Waals surface area contributed by atoms with Gasteiger partial charge in [-0.05, 0) is 25.2 Å². The van der Waals surface area contributed by atoms with Crippen molar-refractivity contribution in [1.29, 1.82) is 0 Å². The number of carbonyl (C=O) groups is 1. The van der Waals surface area contributed by atoms with Crippen LogP contribution in [0.1, 0.15) is 13.3 Å². The number of aliphatic hydroxyl groups is 1. The van der Waals surface area contributed by atoms with Crippen LogP contribution in [-0.4, -0.2) is 24.3 Å². The minimum Gasteiger partial charge on any atom is -0.466 e. The third-order valence-electron chi connectivity index (χ3n) is 4.49. The lowest BCUT2D eigenvalue weighted by Crippen LogP contribution is -2.24. The highest BCUT2D eigenvalue weighted by molar-refractivity contribution is 5.90. The molecule has 0 spiro atoms. The number of carbonyl (C=O) groups excluding carboxylic acids is 1. The van der Waals surface area contributed by atoms with Crippen molar-refractivity contribution in [3.63, 3.8) is 0 Å². The number of hydrogen-bond donors (Lipinski definition) is 1. The SMILES string of the molecule is COC(=O)C1=C[C@@H]2[C@@H](O)[C@H]1[C@@H]1CC=C(C)[C@H]21. The van der Waals surface area contributed by atoms with Crippen molar-refractivity contribution in [3.8, 4) is 0 Å². The first-order chi connectivity index (χ1) is 7.65. The Bertz CT molecular complexity index is 407. The van der Waals surface area contributed by atoms with Gasteiger partial charge in [0.05, 0.1) is 13.2 Å². The van der Waals surface area contributed by atoms with E-state index in [1.54, 1.807) is 0 Å². The lowest BCUT2D eigenvalue weighted by Gasteiger charge is -2.24. The fourth-order valence-electron chi connectivity index (χ4n) is 3.86. The van der Waals surface area contributed by atoms with Gasteiger partial charge in [0.2, 0.25) is 0 Å². The van der Waals surface area contributed by atoms with Crippen LogP contribution in [0.5, 0.6) is 0 Å². The molecule has 3 heteroatoms. The molecule has 1 N–H and O–H groups in total. The molecule has 0 aliphatic heterocycles. The maximum Gasteiger partial charge on any atom is 0.333 e. The van der Waals surface area contributed by atoms with E-state index in [0.29, 0.717) is 17.4 Å². The van der Waals surface area contributed by atoms with Gasteiger partial charge in [-0.3, -0.25) is 0 Å². The highest BCUT2D eigenvalue weighted by Crippen LogP contribution is 2.58. The summed E-state index contributed by atoms with van der Waals surface area (Å²) in [6.07, 6.45) is 4.79. The smallest absolute Gasteiger partial charge is 0.333 e. The zero-order valence-corrected chi connectivity index (χ0v) is 9.51. The highest BCUT2D eigenvalue weighted by Gasteiger charge is 2.57. The van der Waals surface area contributed by atoms with Crippen molar-refractivity contribution < 1.29 is 14.6 Å². The minimum atomic E-state index is -0.382. The zero-order chi connectivity index (χ0) is 11.4. The van der Waals surface area contributed by atoms with Crippen molar-refractivity contribution in [1.82, 2.24) is 0 Å². The lowest BCUT2D eigenvalue weighted by molar-refractivity contribution is -0.137. The van der Waals surface area contributed by atoms with E-state index in [9.17, 15) is 9.90 Å². The number of fused-ring (bicyclic) bond motifs is 5. The van der Waals surface area contributed by atoms with E-state index in [1.165, 1.54) is 12.7 Å². The van der Waals surface area contributed by atoms with Crippen LogP contribution in [0.4, 0.5) is 0 Å². The van der Waals surface area contributed by atoms with Crippen molar-refractivity contribution in [2.24, 2.45) is 23.7 Å². The second-order valence-corrected chi connectivity index (χ2v) is 5.08. The maximum atomic E-state index is 11.6. The molecule has 5 atom stereocenters. The lowest BCUT2D eigenvalue weighted by atomic mass is 9.79. The number of aliphatic hydroxyl groups excluding tert-OH is 1. The Morgan fingerprint density at radius 1 is 1.50 bits per heavy atom. The first-order valence-corrected chi connectivity index (χ1v) is 5.80. The summed E-state index contributed by atoms with van der Waals surface area (Å²) in [5.74, 6) is 0.723. The molecule has 0 amide bonds. The Labute approximate surface area is 94.8 Å². The Balaban J connectivity index is 1.97. The van der Waals surface area contributed by atoms with E-state index >= 15 is 0 Å². The van der Waals surface area contributed by atoms with Gasteiger partial charge in [-0.1, -0.05) is 17.7 Å². The van der Waals surface area contributed by atoms with Crippen LogP contribution in [0.2, 0.25) is 0 Å². The molecule has 1 fully saturated rings. The molecule has 0 radical (unpaired) electrons. The largest absolute Gasteiger partial charge is 0.466 e. The number of methoxy groups -OCH3 is 1. The summed E-state index contributed by atoms with van der Waals surface area (Å²) in [5, 5.41) is 10.2. The predicted octanol–water partition coefficient (Wildman–Crippen LogP) is 1.29. The molecule has 3 aliphatic carbocycles. The predicted molar refractivity (Wildman–Crippen MR) is 58.4 cm³/mol. The topological polar surface area (TPSA) is 46.5 Å². The van der Waals surface area contributed by atoms with E-state index in [-0.39, 0.29) is 23.9 Å². The van der Waals surface area contributed by atoms with Gasteiger partial charge in [0.25, 0.3) is 0 Å². The van der Waals surface area contributed by atoms with E-state index in [1.807, 2.05) is 6.08 Å². The molecule has 1 saturated carbocycles. The average Bonchev–Trinajstić information content (AvgIpc) is 2.89. The standard InChI is InChI=1S/C13H16O3/c1-6-3-4-7-10(6)8-5-9(13(15)16-2)11(7)12(8)14/h3,5,7-8,10-12,14H,4H2,1-2H3/t7-,8+,10+,11+,12-/m1/s1. The summed E-state index contributed by atoms with van der Waals surface area (Å²) in [7, 11) is 1.40. The van der Waals surface area contributed by atoms with Gasteiger partial charge in [-0.2, -0.15) is 0 Å². The fourth-order valence-corrected chi connectivity index (χ4v) is 3.86. The molecule has 0 saturated heterocycles. The van der Waals surface area contributed by atoms with Crippen LogP contribution in [0.15, 0.2) is 23.3 Å². The molecule has 3 nitrogen and oxygen atoms in total. The molecular formula is C13H16O3. The van der Waals surface area contributed by atoms with Crippen LogP contribution in [0.3, 0.4) is 0 Å². The van der Waals surface area contributed by atoms with Gasteiger partial charge in [-0.25, -0.2) is 4.79 Å². The molecule has 0 aromatic rings. The quantitative estimate of drug-likeness (QED) is 0.535.